The van der Waals surface area contributed by atoms with Crippen molar-refractivity contribution in [3.05, 3.63) is 41.7 Å². The molecule has 1 saturated heterocycles. The Balaban J connectivity index is 1.50. The summed E-state index contributed by atoms with van der Waals surface area (Å²) in [6.45, 7) is 4.94. The number of nitrogens with zero attached hydrogens (tertiary/aromatic N) is 5. The molecule has 7 nitrogen and oxygen atoms in total. The normalized spacial score (nSPS) is 21.2. The molecule has 1 amide bonds. The van der Waals surface area contributed by atoms with Crippen molar-refractivity contribution in [3.8, 4) is 0 Å². The van der Waals surface area contributed by atoms with Gasteiger partial charge in [0.1, 0.15) is 5.82 Å². The van der Waals surface area contributed by atoms with Gasteiger partial charge in [0.25, 0.3) is 0 Å². The molecule has 7 heteroatoms. The van der Waals surface area contributed by atoms with Crippen LogP contribution in [0.15, 0.2) is 24.5 Å². The van der Waals surface area contributed by atoms with Gasteiger partial charge in [-0.3, -0.25) is 9.78 Å². The number of ether oxygens (including phenoxy) is 1. The summed E-state index contributed by atoms with van der Waals surface area (Å²) in [6.07, 6.45) is 5.83. The predicted molar refractivity (Wildman–Crippen MR) is 90.9 cm³/mol. The number of carbonyl (C=O) groups excluding carboxylic acids is 1. The van der Waals surface area contributed by atoms with E-state index in [0.717, 1.165) is 43.3 Å². The number of carbonyl (C=O) groups is 1. The Morgan fingerprint density at radius 3 is 2.92 bits per heavy atom. The first kappa shape index (κ1) is 16.2. The van der Waals surface area contributed by atoms with E-state index in [1.54, 1.807) is 12.4 Å². The van der Waals surface area contributed by atoms with Crippen LogP contribution in [0.5, 0.6) is 0 Å². The van der Waals surface area contributed by atoms with E-state index in [-0.39, 0.29) is 11.9 Å². The molecule has 2 aliphatic heterocycles. The summed E-state index contributed by atoms with van der Waals surface area (Å²) in [4.78, 5) is 18.6. The molecule has 4 rings (SSSR count). The Hall–Kier alpha value is -2.28. The molecule has 1 fully saturated rings. The standard InChI is InChI=1S/C18H23N5O2/c1-13-11-22(17(24)9-14-3-2-6-19-10-14)12-16-20-21-18(23(13)16)15-4-7-25-8-5-15/h2-3,6,10,13,15H,4-5,7-9,11-12H2,1H3/t13-/m0/s1. The molecular weight excluding hydrogens is 318 g/mol. The summed E-state index contributed by atoms with van der Waals surface area (Å²) in [7, 11) is 0. The van der Waals surface area contributed by atoms with Crippen LogP contribution in [0.25, 0.3) is 0 Å². The zero-order chi connectivity index (χ0) is 17.2. The highest BCUT2D eigenvalue weighted by Crippen LogP contribution is 2.30. The first-order chi connectivity index (χ1) is 12.2. The van der Waals surface area contributed by atoms with Gasteiger partial charge in [0.05, 0.1) is 19.0 Å². The van der Waals surface area contributed by atoms with Crippen LogP contribution in [0.3, 0.4) is 0 Å². The van der Waals surface area contributed by atoms with Crippen LogP contribution in [0.1, 0.15) is 48.9 Å². The van der Waals surface area contributed by atoms with E-state index in [0.29, 0.717) is 25.4 Å². The smallest absolute Gasteiger partial charge is 0.227 e. The Morgan fingerprint density at radius 1 is 1.32 bits per heavy atom. The van der Waals surface area contributed by atoms with Gasteiger partial charge in [-0.05, 0) is 31.4 Å². The minimum Gasteiger partial charge on any atom is -0.381 e. The summed E-state index contributed by atoms with van der Waals surface area (Å²) in [5.74, 6) is 2.47. The summed E-state index contributed by atoms with van der Waals surface area (Å²) in [5, 5.41) is 8.85. The number of pyridine rings is 1. The van der Waals surface area contributed by atoms with Crippen LogP contribution in [-0.2, 0) is 22.5 Å². The highest BCUT2D eigenvalue weighted by molar-refractivity contribution is 5.78. The molecule has 0 unspecified atom stereocenters. The van der Waals surface area contributed by atoms with E-state index in [9.17, 15) is 4.79 Å². The number of hydrogen-bond donors (Lipinski definition) is 0. The molecule has 132 valence electrons. The minimum absolute atomic E-state index is 0.113. The Kier molecular flexibility index (Phi) is 4.48. The van der Waals surface area contributed by atoms with Crippen molar-refractivity contribution < 1.29 is 9.53 Å². The second kappa shape index (κ2) is 6.92. The van der Waals surface area contributed by atoms with Gasteiger partial charge in [0, 0.05) is 38.1 Å². The molecule has 0 aliphatic carbocycles. The van der Waals surface area contributed by atoms with Gasteiger partial charge in [-0.2, -0.15) is 0 Å². The first-order valence-corrected chi connectivity index (χ1v) is 8.90. The fourth-order valence-corrected chi connectivity index (χ4v) is 3.77. The number of aromatic nitrogens is 4. The van der Waals surface area contributed by atoms with Crippen molar-refractivity contribution in [2.45, 2.75) is 44.7 Å². The molecule has 2 aliphatic rings. The number of rotatable bonds is 3. The predicted octanol–water partition coefficient (Wildman–Crippen LogP) is 1.71. The average Bonchev–Trinajstić information content (AvgIpc) is 3.08. The topological polar surface area (TPSA) is 73.1 Å². The molecular formula is C18H23N5O2. The largest absolute Gasteiger partial charge is 0.381 e. The molecule has 0 N–H and O–H groups in total. The molecule has 0 aromatic carbocycles. The number of fused-ring (bicyclic) bond motifs is 1. The second-order valence-corrected chi connectivity index (χ2v) is 6.89. The highest BCUT2D eigenvalue weighted by atomic mass is 16.5. The monoisotopic (exact) mass is 341 g/mol. The lowest BCUT2D eigenvalue weighted by atomic mass is 9.98. The molecule has 4 heterocycles. The van der Waals surface area contributed by atoms with Gasteiger partial charge in [0.15, 0.2) is 5.82 Å². The second-order valence-electron chi connectivity index (χ2n) is 6.89. The van der Waals surface area contributed by atoms with Gasteiger partial charge < -0.3 is 14.2 Å². The molecule has 0 saturated carbocycles. The minimum atomic E-state index is 0.113. The van der Waals surface area contributed by atoms with Gasteiger partial charge in [-0.25, -0.2) is 0 Å². The third-order valence-corrected chi connectivity index (χ3v) is 5.07. The maximum absolute atomic E-state index is 12.7. The summed E-state index contributed by atoms with van der Waals surface area (Å²) < 4.78 is 7.70. The van der Waals surface area contributed by atoms with Crippen LogP contribution in [0.4, 0.5) is 0 Å². The van der Waals surface area contributed by atoms with Gasteiger partial charge >= 0.3 is 0 Å². The maximum Gasteiger partial charge on any atom is 0.227 e. The average molecular weight is 341 g/mol. The van der Waals surface area contributed by atoms with E-state index in [1.807, 2.05) is 17.0 Å². The Morgan fingerprint density at radius 2 is 2.16 bits per heavy atom. The molecule has 2 aromatic heterocycles. The van der Waals surface area contributed by atoms with E-state index >= 15 is 0 Å². The molecule has 25 heavy (non-hydrogen) atoms. The van der Waals surface area contributed by atoms with Crippen LogP contribution in [0.2, 0.25) is 0 Å². The molecule has 0 bridgehead atoms. The van der Waals surface area contributed by atoms with E-state index < -0.39 is 0 Å². The van der Waals surface area contributed by atoms with Crippen molar-refractivity contribution >= 4 is 5.91 Å². The fraction of sp³-hybridized carbons (Fsp3) is 0.556. The van der Waals surface area contributed by atoms with E-state index in [2.05, 4.69) is 26.7 Å². The van der Waals surface area contributed by atoms with Crippen molar-refractivity contribution in [2.75, 3.05) is 19.8 Å². The molecule has 0 spiro atoms. The highest BCUT2D eigenvalue weighted by Gasteiger charge is 2.32. The maximum atomic E-state index is 12.7. The van der Waals surface area contributed by atoms with Crippen molar-refractivity contribution in [3.63, 3.8) is 0 Å². The zero-order valence-electron chi connectivity index (χ0n) is 14.5. The van der Waals surface area contributed by atoms with Crippen LogP contribution >= 0.6 is 0 Å². The van der Waals surface area contributed by atoms with E-state index in [1.165, 1.54) is 0 Å². The Labute approximate surface area is 147 Å². The molecule has 2 aromatic rings. The lowest BCUT2D eigenvalue weighted by molar-refractivity contribution is -0.132. The number of hydrogen-bond acceptors (Lipinski definition) is 5. The van der Waals surface area contributed by atoms with Crippen LogP contribution in [0, 0.1) is 0 Å². The van der Waals surface area contributed by atoms with Crippen molar-refractivity contribution in [2.24, 2.45) is 0 Å². The van der Waals surface area contributed by atoms with E-state index in [4.69, 9.17) is 4.74 Å². The number of amides is 1. The SMILES string of the molecule is C[C@H]1CN(C(=O)Cc2cccnc2)Cc2nnc(C3CCOCC3)n21. The Bertz CT molecular complexity index is 739. The lowest BCUT2D eigenvalue weighted by Gasteiger charge is -2.34. The van der Waals surface area contributed by atoms with Gasteiger partial charge in [-0.1, -0.05) is 6.07 Å². The van der Waals surface area contributed by atoms with Crippen LogP contribution in [-0.4, -0.2) is 50.3 Å². The van der Waals surface area contributed by atoms with Crippen molar-refractivity contribution in [1.82, 2.24) is 24.6 Å². The quantitative estimate of drug-likeness (QED) is 0.850. The zero-order valence-corrected chi connectivity index (χ0v) is 14.5. The molecule has 1 atom stereocenters. The van der Waals surface area contributed by atoms with Gasteiger partial charge in [-0.15, -0.1) is 10.2 Å². The third-order valence-electron chi connectivity index (χ3n) is 5.07. The first-order valence-electron chi connectivity index (χ1n) is 8.90. The summed E-state index contributed by atoms with van der Waals surface area (Å²) >= 11 is 0. The van der Waals surface area contributed by atoms with Crippen LogP contribution < -0.4 is 0 Å². The molecule has 0 radical (unpaired) electrons. The van der Waals surface area contributed by atoms with Crippen molar-refractivity contribution in [1.29, 1.82) is 0 Å². The summed E-state index contributed by atoms with van der Waals surface area (Å²) in [6, 6.07) is 3.98. The fourth-order valence-electron chi connectivity index (χ4n) is 3.77. The van der Waals surface area contributed by atoms with Gasteiger partial charge in [0.2, 0.25) is 5.91 Å². The summed E-state index contributed by atoms with van der Waals surface area (Å²) in [5.41, 5.74) is 0.940. The third kappa shape index (κ3) is 3.28. The lowest BCUT2D eigenvalue weighted by Crippen LogP contribution is -2.41.